The maximum Gasteiger partial charge on any atom is 0.148 e. The number of ether oxygens (including phenoxy) is 2. The second-order valence-corrected chi connectivity index (χ2v) is 7.99. The van der Waals surface area contributed by atoms with E-state index >= 15 is 0 Å². The van der Waals surface area contributed by atoms with E-state index in [4.69, 9.17) is 37.7 Å². The first-order chi connectivity index (χ1) is 14.5. The maximum atomic E-state index is 6.23. The van der Waals surface area contributed by atoms with E-state index in [-0.39, 0.29) is 0 Å². The molecule has 154 valence electrons. The number of hydrogen-bond acceptors (Lipinski definition) is 3. The monoisotopic (exact) mass is 440 g/mol. The van der Waals surface area contributed by atoms with Crippen LogP contribution in [0.5, 0.6) is 11.5 Å². The third-order valence-electron chi connectivity index (χ3n) is 4.89. The summed E-state index contributed by atoms with van der Waals surface area (Å²) in [5.74, 6) is 2.29. The summed E-state index contributed by atoms with van der Waals surface area (Å²) in [5, 5.41) is 1.05. The number of benzene rings is 3. The van der Waals surface area contributed by atoms with Gasteiger partial charge in [0.2, 0.25) is 0 Å². The first-order valence-corrected chi connectivity index (χ1v) is 10.5. The zero-order valence-corrected chi connectivity index (χ0v) is 18.4. The lowest BCUT2D eigenvalue weighted by molar-refractivity contribution is 0.272. The van der Waals surface area contributed by atoms with Crippen molar-refractivity contribution in [3.63, 3.8) is 0 Å². The van der Waals surface area contributed by atoms with Crippen LogP contribution in [0.15, 0.2) is 60.7 Å². The van der Waals surface area contributed by atoms with Gasteiger partial charge in [0.25, 0.3) is 0 Å². The Morgan fingerprint density at radius 2 is 1.70 bits per heavy atom. The minimum Gasteiger partial charge on any atom is -0.491 e. The van der Waals surface area contributed by atoms with Gasteiger partial charge in [-0.3, -0.25) is 0 Å². The third kappa shape index (κ3) is 4.55. The van der Waals surface area contributed by atoms with E-state index in [0.29, 0.717) is 35.6 Å². The standard InChI is InChI=1S/C24H22Cl2N2O2/c1-16-7-9-22(17(2)13-16)29-12-11-28-21-6-4-3-5-20(21)27-24(28)15-30-23-10-8-18(25)14-19(23)26/h3-10,13-14H,11-12,15H2,1-2H3. The summed E-state index contributed by atoms with van der Waals surface area (Å²) >= 11 is 12.2. The fraction of sp³-hybridized carbons (Fsp3) is 0.208. The van der Waals surface area contributed by atoms with Crippen molar-refractivity contribution in [2.75, 3.05) is 6.61 Å². The van der Waals surface area contributed by atoms with Crippen molar-refractivity contribution >= 4 is 34.2 Å². The zero-order valence-electron chi connectivity index (χ0n) is 16.9. The van der Waals surface area contributed by atoms with Gasteiger partial charge in [-0.25, -0.2) is 4.98 Å². The molecule has 0 radical (unpaired) electrons. The number of aryl methyl sites for hydroxylation is 2. The van der Waals surface area contributed by atoms with Crippen LogP contribution in [0.1, 0.15) is 17.0 Å². The first kappa shape index (κ1) is 20.6. The number of halogens is 2. The van der Waals surface area contributed by atoms with Crippen LogP contribution in [0.2, 0.25) is 10.0 Å². The van der Waals surface area contributed by atoms with Gasteiger partial charge in [-0.1, -0.05) is 53.0 Å². The summed E-state index contributed by atoms with van der Waals surface area (Å²) in [6, 6.07) is 19.4. The number of fused-ring (bicyclic) bond motifs is 1. The first-order valence-electron chi connectivity index (χ1n) is 9.73. The second kappa shape index (κ2) is 8.99. The van der Waals surface area contributed by atoms with Crippen LogP contribution in [0.3, 0.4) is 0 Å². The molecule has 4 rings (SSSR count). The highest BCUT2D eigenvalue weighted by molar-refractivity contribution is 6.35. The SMILES string of the molecule is Cc1ccc(OCCn2c(COc3ccc(Cl)cc3Cl)nc3ccccc32)c(C)c1. The van der Waals surface area contributed by atoms with E-state index in [2.05, 4.69) is 36.6 Å². The lowest BCUT2D eigenvalue weighted by atomic mass is 10.1. The van der Waals surface area contributed by atoms with E-state index < -0.39 is 0 Å². The second-order valence-electron chi connectivity index (χ2n) is 7.15. The lowest BCUT2D eigenvalue weighted by Crippen LogP contribution is -2.13. The molecule has 0 bridgehead atoms. The Labute approximate surface area is 186 Å². The predicted molar refractivity (Wildman–Crippen MR) is 122 cm³/mol. The third-order valence-corrected chi connectivity index (χ3v) is 5.42. The summed E-state index contributed by atoms with van der Waals surface area (Å²) in [6.07, 6.45) is 0. The Hall–Kier alpha value is -2.69. The lowest BCUT2D eigenvalue weighted by Gasteiger charge is -2.13. The molecule has 0 N–H and O–H groups in total. The van der Waals surface area contributed by atoms with Gasteiger partial charge >= 0.3 is 0 Å². The van der Waals surface area contributed by atoms with Crippen LogP contribution in [0.25, 0.3) is 11.0 Å². The number of imidazole rings is 1. The molecule has 4 nitrogen and oxygen atoms in total. The van der Waals surface area contributed by atoms with Crippen LogP contribution in [-0.4, -0.2) is 16.2 Å². The van der Waals surface area contributed by atoms with Crippen LogP contribution < -0.4 is 9.47 Å². The van der Waals surface area contributed by atoms with E-state index in [9.17, 15) is 0 Å². The number of hydrogen-bond donors (Lipinski definition) is 0. The number of para-hydroxylation sites is 2. The molecular weight excluding hydrogens is 419 g/mol. The van der Waals surface area contributed by atoms with Gasteiger partial charge in [0.05, 0.1) is 22.6 Å². The molecule has 0 fully saturated rings. The molecule has 0 spiro atoms. The van der Waals surface area contributed by atoms with Crippen LogP contribution in [0, 0.1) is 13.8 Å². The molecule has 6 heteroatoms. The molecule has 30 heavy (non-hydrogen) atoms. The Bertz CT molecular complexity index is 1190. The molecular formula is C24H22Cl2N2O2. The molecule has 0 aliphatic carbocycles. The van der Waals surface area contributed by atoms with Crippen LogP contribution >= 0.6 is 23.2 Å². The Morgan fingerprint density at radius 3 is 2.50 bits per heavy atom. The van der Waals surface area contributed by atoms with Crippen molar-refractivity contribution in [2.24, 2.45) is 0 Å². The van der Waals surface area contributed by atoms with Gasteiger partial charge in [0, 0.05) is 5.02 Å². The van der Waals surface area contributed by atoms with Crippen molar-refractivity contribution in [1.29, 1.82) is 0 Å². The highest BCUT2D eigenvalue weighted by Crippen LogP contribution is 2.28. The highest BCUT2D eigenvalue weighted by Gasteiger charge is 2.12. The average molecular weight is 441 g/mol. The quantitative estimate of drug-likeness (QED) is 0.324. The van der Waals surface area contributed by atoms with Crippen molar-refractivity contribution in [1.82, 2.24) is 9.55 Å². The molecule has 0 aliphatic rings. The summed E-state index contributed by atoms with van der Waals surface area (Å²) in [7, 11) is 0. The average Bonchev–Trinajstić information content (AvgIpc) is 3.06. The summed E-state index contributed by atoms with van der Waals surface area (Å²) in [4.78, 5) is 4.74. The maximum absolute atomic E-state index is 6.23. The summed E-state index contributed by atoms with van der Waals surface area (Å²) in [5.41, 5.74) is 4.32. The highest BCUT2D eigenvalue weighted by atomic mass is 35.5. The van der Waals surface area contributed by atoms with Crippen molar-refractivity contribution < 1.29 is 9.47 Å². The molecule has 4 aromatic rings. The normalized spacial score (nSPS) is 11.1. The van der Waals surface area contributed by atoms with Gasteiger partial charge in [0.15, 0.2) is 0 Å². The van der Waals surface area contributed by atoms with E-state index in [1.807, 2.05) is 24.3 Å². The Morgan fingerprint density at radius 1 is 0.900 bits per heavy atom. The molecule has 0 atom stereocenters. The van der Waals surface area contributed by atoms with Gasteiger partial charge in [0.1, 0.15) is 30.5 Å². The van der Waals surface area contributed by atoms with Gasteiger partial charge in [-0.2, -0.15) is 0 Å². The van der Waals surface area contributed by atoms with E-state index in [1.54, 1.807) is 18.2 Å². The largest absolute Gasteiger partial charge is 0.491 e. The molecule has 1 aromatic heterocycles. The topological polar surface area (TPSA) is 36.3 Å². The van der Waals surface area contributed by atoms with E-state index in [0.717, 1.165) is 28.2 Å². The van der Waals surface area contributed by atoms with E-state index in [1.165, 1.54) is 5.56 Å². The minimum atomic E-state index is 0.291. The number of rotatable bonds is 7. The van der Waals surface area contributed by atoms with Gasteiger partial charge in [-0.05, 0) is 55.8 Å². The van der Waals surface area contributed by atoms with Crippen LogP contribution in [0.4, 0.5) is 0 Å². The molecule has 0 amide bonds. The zero-order chi connectivity index (χ0) is 21.1. The summed E-state index contributed by atoms with van der Waals surface area (Å²) in [6.45, 7) is 5.61. The van der Waals surface area contributed by atoms with Crippen molar-refractivity contribution in [3.8, 4) is 11.5 Å². The smallest absolute Gasteiger partial charge is 0.148 e. The molecule has 1 heterocycles. The number of aromatic nitrogens is 2. The van der Waals surface area contributed by atoms with Gasteiger partial charge < -0.3 is 14.0 Å². The molecule has 0 saturated heterocycles. The van der Waals surface area contributed by atoms with Crippen LogP contribution in [-0.2, 0) is 13.2 Å². The molecule has 3 aromatic carbocycles. The molecule has 0 aliphatic heterocycles. The van der Waals surface area contributed by atoms with Gasteiger partial charge in [-0.15, -0.1) is 0 Å². The fourth-order valence-corrected chi connectivity index (χ4v) is 3.89. The molecule has 0 unspecified atom stereocenters. The number of nitrogens with zero attached hydrogens (tertiary/aromatic N) is 2. The van der Waals surface area contributed by atoms with Crippen molar-refractivity contribution in [3.05, 3.63) is 87.7 Å². The predicted octanol–water partition coefficient (Wildman–Crippen LogP) is 6.62. The summed E-state index contributed by atoms with van der Waals surface area (Å²) < 4.78 is 14.1. The minimum absolute atomic E-state index is 0.291. The Kier molecular flexibility index (Phi) is 6.16. The Balaban J connectivity index is 1.52. The van der Waals surface area contributed by atoms with Crippen molar-refractivity contribution in [2.45, 2.75) is 27.0 Å². The fourth-order valence-electron chi connectivity index (χ4n) is 3.43. The molecule has 0 saturated carbocycles.